The minimum Gasteiger partial charge on any atom is -0.462 e. The zero-order chi connectivity index (χ0) is 46.2. The first kappa shape index (κ1) is 60.3. The molecule has 0 aliphatic carbocycles. The monoisotopic (exact) mass is 899 g/mol. The molecule has 0 aromatic heterocycles. The van der Waals surface area contributed by atoms with Crippen molar-refractivity contribution in [2.75, 3.05) is 19.8 Å². The molecule has 0 heterocycles. The Morgan fingerprint density at radius 2 is 0.825 bits per heavy atom. The summed E-state index contributed by atoms with van der Waals surface area (Å²) >= 11 is 0. The maximum absolute atomic E-state index is 12.7. The van der Waals surface area contributed by atoms with Gasteiger partial charge in [-0.2, -0.15) is 0 Å². The molecule has 0 aliphatic rings. The lowest BCUT2D eigenvalue weighted by Gasteiger charge is -2.20. The molecule has 0 aliphatic heterocycles. The Hall–Kier alpha value is -2.71. The molecule has 1 unspecified atom stereocenters. The first-order valence-corrected chi connectivity index (χ1v) is 27.1. The summed E-state index contributed by atoms with van der Waals surface area (Å²) in [6.45, 7) is 7.86. The third-order valence-electron chi connectivity index (χ3n) is 10.8. The lowest BCUT2D eigenvalue weighted by atomic mass is 10.1. The first-order chi connectivity index (χ1) is 30.7. The minimum absolute atomic E-state index is 0.0647. The average Bonchev–Trinajstić information content (AvgIpc) is 3.25. The molecule has 0 aromatic rings. The molecule has 360 valence electrons. The van der Waals surface area contributed by atoms with Gasteiger partial charge in [0, 0.05) is 38.5 Å². The molecule has 0 spiro atoms. The fraction of sp³-hybridized carbons (Fsp3) is 0.815. The number of ether oxygens (including phenoxy) is 2. The summed E-state index contributed by atoms with van der Waals surface area (Å²) in [5.74, 6) is 24.1. The third kappa shape index (κ3) is 48.6. The molecule has 63 heavy (non-hydrogen) atoms. The standard InChI is InChI=1S/C54H91O8P/c1-5-7-9-11-13-15-17-19-21-23-25-27-29-31-33-35-37-39-41-43-45-53(55)59-49-52(50-61-63(57,58)60-48-47-51(3)4)62-54(56)46-44-42-40-38-36-34-32-30-28-26-24-22-20-18-16-14-12-10-8-6-2/h51-52H,5-22,31-50H2,1-4H3,(H,57,58)/t52-/m1/s1. The highest BCUT2D eigenvalue weighted by Gasteiger charge is 2.26. The van der Waals surface area contributed by atoms with Crippen LogP contribution in [-0.2, 0) is 32.7 Å². The highest BCUT2D eigenvalue weighted by molar-refractivity contribution is 7.47. The molecule has 0 rings (SSSR count). The van der Waals surface area contributed by atoms with E-state index in [-0.39, 0.29) is 26.1 Å². The Bertz CT molecular complexity index is 1400. The van der Waals surface area contributed by atoms with E-state index in [1.807, 2.05) is 13.8 Å². The second-order valence-electron chi connectivity index (χ2n) is 17.5. The van der Waals surface area contributed by atoms with Gasteiger partial charge in [0.1, 0.15) is 6.61 Å². The molecule has 0 radical (unpaired) electrons. The Balaban J connectivity index is 4.29. The lowest BCUT2D eigenvalue weighted by Crippen LogP contribution is -2.29. The second kappa shape index (κ2) is 47.3. The van der Waals surface area contributed by atoms with E-state index in [0.717, 1.165) is 89.9 Å². The van der Waals surface area contributed by atoms with Crippen molar-refractivity contribution in [2.45, 2.75) is 259 Å². The number of rotatable bonds is 42. The SMILES string of the molecule is CCCCCCCCCCC#CC#CCCCCCCCCC(=O)OC[C@H](COP(=O)(O)OCCC(C)C)OC(=O)CCCCCCCCC#CC#CCCCCCCCCCC. The van der Waals surface area contributed by atoms with Gasteiger partial charge in [-0.25, -0.2) is 4.57 Å². The molecule has 0 saturated heterocycles. The highest BCUT2D eigenvalue weighted by atomic mass is 31.2. The molecule has 0 fully saturated rings. The molecular weight excluding hydrogens is 808 g/mol. The molecule has 9 heteroatoms. The van der Waals surface area contributed by atoms with Crippen LogP contribution in [0.3, 0.4) is 0 Å². The number of carbonyl (C=O) groups is 2. The zero-order valence-electron chi connectivity index (χ0n) is 40.8. The lowest BCUT2D eigenvalue weighted by molar-refractivity contribution is -0.161. The van der Waals surface area contributed by atoms with Crippen molar-refractivity contribution >= 4 is 19.8 Å². The quantitative estimate of drug-likeness (QED) is 0.0279. The summed E-state index contributed by atoms with van der Waals surface area (Å²) in [4.78, 5) is 35.4. The van der Waals surface area contributed by atoms with Crippen LogP contribution in [0.4, 0.5) is 0 Å². The summed E-state index contributed by atoms with van der Waals surface area (Å²) in [5, 5.41) is 0. The maximum Gasteiger partial charge on any atom is 0.472 e. The number of hydrogen-bond acceptors (Lipinski definition) is 7. The second-order valence-corrected chi connectivity index (χ2v) is 18.9. The largest absolute Gasteiger partial charge is 0.472 e. The van der Waals surface area contributed by atoms with Crippen molar-refractivity contribution in [3.63, 3.8) is 0 Å². The van der Waals surface area contributed by atoms with Gasteiger partial charge in [0.2, 0.25) is 0 Å². The number of unbranched alkanes of at least 4 members (excludes halogenated alkanes) is 28. The number of carbonyl (C=O) groups excluding carboxylic acids is 2. The number of esters is 2. The van der Waals surface area contributed by atoms with Gasteiger partial charge in [0.05, 0.1) is 13.2 Å². The van der Waals surface area contributed by atoms with E-state index in [4.69, 9.17) is 18.5 Å². The Kier molecular flexibility index (Phi) is 45.2. The van der Waals surface area contributed by atoms with Crippen LogP contribution in [0, 0.1) is 53.3 Å². The van der Waals surface area contributed by atoms with Gasteiger partial charge in [-0.3, -0.25) is 18.6 Å². The minimum atomic E-state index is -4.36. The van der Waals surface area contributed by atoms with E-state index in [0.29, 0.717) is 25.2 Å². The number of hydrogen-bond donors (Lipinski definition) is 1. The Morgan fingerprint density at radius 1 is 0.476 bits per heavy atom. The van der Waals surface area contributed by atoms with Crippen molar-refractivity contribution in [2.24, 2.45) is 5.92 Å². The number of phosphoric acid groups is 1. The zero-order valence-corrected chi connectivity index (χ0v) is 41.7. The topological polar surface area (TPSA) is 108 Å². The van der Waals surface area contributed by atoms with Gasteiger partial charge in [-0.1, -0.05) is 193 Å². The van der Waals surface area contributed by atoms with E-state index in [9.17, 15) is 19.0 Å². The molecule has 0 bridgehead atoms. The van der Waals surface area contributed by atoms with Crippen molar-refractivity contribution in [3.8, 4) is 47.4 Å². The van der Waals surface area contributed by atoms with Crippen molar-refractivity contribution in [1.29, 1.82) is 0 Å². The molecule has 0 aromatic carbocycles. The van der Waals surface area contributed by atoms with Crippen LogP contribution in [0.5, 0.6) is 0 Å². The van der Waals surface area contributed by atoms with Gasteiger partial charge < -0.3 is 14.4 Å². The average molecular weight is 899 g/mol. The third-order valence-corrected chi connectivity index (χ3v) is 11.7. The summed E-state index contributed by atoms with van der Waals surface area (Å²) in [6.07, 6.45) is 36.2. The summed E-state index contributed by atoms with van der Waals surface area (Å²) in [6, 6.07) is 0. The van der Waals surface area contributed by atoms with Gasteiger partial charge in [0.25, 0.3) is 0 Å². The van der Waals surface area contributed by atoms with Crippen LogP contribution in [-0.4, -0.2) is 42.8 Å². The number of phosphoric ester groups is 1. The summed E-state index contributed by atoms with van der Waals surface area (Å²) < 4.78 is 33.6. The normalized spacial score (nSPS) is 12.1. The smallest absolute Gasteiger partial charge is 0.462 e. The van der Waals surface area contributed by atoms with Crippen LogP contribution in [0.2, 0.25) is 0 Å². The molecule has 0 amide bonds. The Morgan fingerprint density at radius 3 is 1.21 bits per heavy atom. The Labute approximate surface area is 387 Å². The van der Waals surface area contributed by atoms with Gasteiger partial charge >= 0.3 is 19.8 Å². The van der Waals surface area contributed by atoms with E-state index in [1.54, 1.807) is 0 Å². The first-order valence-electron chi connectivity index (χ1n) is 25.6. The van der Waals surface area contributed by atoms with E-state index in [2.05, 4.69) is 61.2 Å². The van der Waals surface area contributed by atoms with E-state index >= 15 is 0 Å². The van der Waals surface area contributed by atoms with Crippen LogP contribution < -0.4 is 0 Å². The van der Waals surface area contributed by atoms with E-state index in [1.165, 1.54) is 103 Å². The summed E-state index contributed by atoms with van der Waals surface area (Å²) in [7, 11) is -4.36. The fourth-order valence-corrected chi connectivity index (χ4v) is 7.50. The predicted molar refractivity (Wildman–Crippen MR) is 261 cm³/mol. The van der Waals surface area contributed by atoms with Crippen molar-refractivity contribution in [3.05, 3.63) is 0 Å². The molecule has 2 atom stereocenters. The van der Waals surface area contributed by atoms with Crippen LogP contribution >= 0.6 is 7.82 Å². The highest BCUT2D eigenvalue weighted by Crippen LogP contribution is 2.43. The van der Waals surface area contributed by atoms with Gasteiger partial charge in [-0.15, -0.1) is 0 Å². The van der Waals surface area contributed by atoms with Crippen molar-refractivity contribution in [1.82, 2.24) is 0 Å². The van der Waals surface area contributed by atoms with Crippen LogP contribution in [0.25, 0.3) is 0 Å². The summed E-state index contributed by atoms with van der Waals surface area (Å²) in [5.41, 5.74) is 0. The molecule has 8 nitrogen and oxygen atoms in total. The fourth-order valence-electron chi connectivity index (χ4n) is 6.74. The predicted octanol–water partition coefficient (Wildman–Crippen LogP) is 14.9. The van der Waals surface area contributed by atoms with Gasteiger partial charge in [-0.05, 0) is 74.5 Å². The molecule has 0 saturated carbocycles. The van der Waals surface area contributed by atoms with Gasteiger partial charge in [0.15, 0.2) is 6.10 Å². The van der Waals surface area contributed by atoms with Crippen molar-refractivity contribution < 1.29 is 37.6 Å². The van der Waals surface area contributed by atoms with Crippen LogP contribution in [0.1, 0.15) is 252 Å². The van der Waals surface area contributed by atoms with E-state index < -0.39 is 32.5 Å². The molecular formula is C54H91O8P. The maximum atomic E-state index is 12.7. The van der Waals surface area contributed by atoms with Crippen LogP contribution in [0.15, 0.2) is 0 Å². The molecule has 1 N–H and O–H groups in total.